The lowest BCUT2D eigenvalue weighted by Crippen LogP contribution is -2.29. The predicted octanol–water partition coefficient (Wildman–Crippen LogP) is 2.92. The van der Waals surface area contributed by atoms with Crippen molar-refractivity contribution in [3.63, 3.8) is 0 Å². The molecule has 0 unspecified atom stereocenters. The van der Waals surface area contributed by atoms with Crippen LogP contribution in [0.2, 0.25) is 0 Å². The third-order valence-electron chi connectivity index (χ3n) is 5.85. The van der Waals surface area contributed by atoms with E-state index in [1.54, 1.807) is 24.3 Å². The molecule has 168 valence electrons. The van der Waals surface area contributed by atoms with Gasteiger partial charge in [0.1, 0.15) is 5.82 Å². The summed E-state index contributed by atoms with van der Waals surface area (Å²) in [5.41, 5.74) is 2.29. The van der Waals surface area contributed by atoms with Gasteiger partial charge in [0.05, 0.1) is 12.2 Å². The lowest BCUT2D eigenvalue weighted by atomic mass is 10.1. The molecular weight excluding hydrogens is 411 g/mol. The Hall–Kier alpha value is -3.42. The summed E-state index contributed by atoms with van der Waals surface area (Å²) in [6, 6.07) is 11.8. The van der Waals surface area contributed by atoms with E-state index in [1.807, 2.05) is 17.0 Å². The zero-order valence-electron chi connectivity index (χ0n) is 17.9. The Labute approximate surface area is 186 Å². The number of hydrogen-bond acceptors (Lipinski definition) is 4. The van der Waals surface area contributed by atoms with E-state index in [1.165, 1.54) is 11.0 Å². The molecule has 0 aliphatic carbocycles. The van der Waals surface area contributed by atoms with Gasteiger partial charge in [-0.25, -0.2) is 4.39 Å². The molecule has 2 heterocycles. The molecule has 0 aromatic heterocycles. The van der Waals surface area contributed by atoms with E-state index in [-0.39, 0.29) is 30.0 Å². The Balaban J connectivity index is 1.24. The number of carbonyl (C=O) groups is 3. The summed E-state index contributed by atoms with van der Waals surface area (Å²) in [5.74, 6) is -0.747. The second-order valence-electron chi connectivity index (χ2n) is 8.14. The highest BCUT2D eigenvalue weighted by Crippen LogP contribution is 2.26. The first-order valence-electron chi connectivity index (χ1n) is 11.0. The first-order valence-corrected chi connectivity index (χ1v) is 11.0. The summed E-state index contributed by atoms with van der Waals surface area (Å²) in [6.45, 7) is 2.48. The fourth-order valence-corrected chi connectivity index (χ4v) is 4.05. The van der Waals surface area contributed by atoms with Crippen LogP contribution in [0, 0.1) is 5.82 Å². The normalized spacial score (nSPS) is 15.8. The van der Waals surface area contributed by atoms with Crippen LogP contribution in [0.15, 0.2) is 42.5 Å². The average molecular weight is 439 g/mol. The predicted molar refractivity (Wildman–Crippen MR) is 120 cm³/mol. The van der Waals surface area contributed by atoms with Crippen molar-refractivity contribution in [2.45, 2.75) is 32.2 Å². The van der Waals surface area contributed by atoms with Gasteiger partial charge in [0.2, 0.25) is 11.8 Å². The van der Waals surface area contributed by atoms with Crippen LogP contribution in [-0.2, 0) is 16.1 Å². The van der Waals surface area contributed by atoms with E-state index in [0.717, 1.165) is 37.9 Å². The van der Waals surface area contributed by atoms with Crippen LogP contribution < -0.4 is 15.5 Å². The number of nitrogens with zero attached hydrogens (tertiary/aromatic N) is 2. The van der Waals surface area contributed by atoms with Gasteiger partial charge in [-0.3, -0.25) is 14.4 Å². The van der Waals surface area contributed by atoms with Crippen molar-refractivity contribution >= 4 is 29.1 Å². The fourth-order valence-electron chi connectivity index (χ4n) is 4.05. The molecule has 0 bridgehead atoms. The molecule has 2 N–H and O–H groups in total. The molecule has 2 aliphatic heterocycles. The van der Waals surface area contributed by atoms with Crippen LogP contribution in [0.25, 0.3) is 0 Å². The molecule has 2 aromatic rings. The van der Waals surface area contributed by atoms with Crippen molar-refractivity contribution < 1.29 is 18.8 Å². The highest BCUT2D eigenvalue weighted by molar-refractivity contribution is 5.96. The second kappa shape index (κ2) is 9.80. The van der Waals surface area contributed by atoms with Crippen molar-refractivity contribution in [3.8, 4) is 0 Å². The van der Waals surface area contributed by atoms with Gasteiger partial charge in [0.15, 0.2) is 0 Å². The Bertz CT molecular complexity index is 1000. The maximum Gasteiger partial charge on any atom is 0.253 e. The van der Waals surface area contributed by atoms with Gasteiger partial charge in [-0.15, -0.1) is 0 Å². The highest BCUT2D eigenvalue weighted by atomic mass is 19.1. The Morgan fingerprint density at radius 1 is 0.969 bits per heavy atom. The van der Waals surface area contributed by atoms with Crippen LogP contribution >= 0.6 is 0 Å². The quantitative estimate of drug-likeness (QED) is 0.697. The van der Waals surface area contributed by atoms with Crippen molar-refractivity contribution in [1.82, 2.24) is 10.2 Å². The minimum atomic E-state index is -0.491. The molecule has 0 spiro atoms. The molecule has 4 rings (SSSR count). The van der Waals surface area contributed by atoms with E-state index < -0.39 is 5.82 Å². The summed E-state index contributed by atoms with van der Waals surface area (Å²) in [4.78, 5) is 39.7. The molecule has 2 saturated heterocycles. The molecule has 0 atom stereocenters. The second-order valence-corrected chi connectivity index (χ2v) is 8.14. The minimum Gasteiger partial charge on any atom is -0.376 e. The van der Waals surface area contributed by atoms with Crippen LogP contribution in [0.1, 0.15) is 41.6 Å². The molecule has 8 heteroatoms. The SMILES string of the molecule is O=C(CNc1ccc(N2CCCC2=O)c(F)c1)NCc1ccc(C(=O)N2CCCC2)cc1. The van der Waals surface area contributed by atoms with Gasteiger partial charge in [0.25, 0.3) is 5.91 Å². The van der Waals surface area contributed by atoms with E-state index in [0.29, 0.717) is 30.8 Å². The first kappa shape index (κ1) is 21.8. The number of anilines is 2. The Morgan fingerprint density at radius 2 is 1.72 bits per heavy atom. The fraction of sp³-hybridized carbons (Fsp3) is 0.375. The van der Waals surface area contributed by atoms with Gasteiger partial charge >= 0.3 is 0 Å². The maximum absolute atomic E-state index is 14.4. The topological polar surface area (TPSA) is 81.8 Å². The lowest BCUT2D eigenvalue weighted by molar-refractivity contribution is -0.119. The number of hydrogen-bond donors (Lipinski definition) is 2. The molecular formula is C24H27FN4O3. The standard InChI is InChI=1S/C24H27FN4O3/c25-20-14-19(9-10-21(20)29-13-3-4-23(29)31)26-16-22(30)27-15-17-5-7-18(8-6-17)24(32)28-11-1-2-12-28/h5-10,14,26H,1-4,11-13,15-16H2,(H,27,30). The highest BCUT2D eigenvalue weighted by Gasteiger charge is 2.24. The van der Waals surface area contributed by atoms with E-state index in [2.05, 4.69) is 10.6 Å². The summed E-state index contributed by atoms with van der Waals surface area (Å²) in [5, 5.41) is 5.71. The van der Waals surface area contributed by atoms with Crippen LogP contribution in [0.4, 0.5) is 15.8 Å². The molecule has 2 aliphatic rings. The van der Waals surface area contributed by atoms with Gasteiger partial charge in [-0.1, -0.05) is 12.1 Å². The van der Waals surface area contributed by atoms with Gasteiger partial charge in [-0.2, -0.15) is 0 Å². The monoisotopic (exact) mass is 438 g/mol. The minimum absolute atomic E-state index is 0.00698. The van der Waals surface area contributed by atoms with E-state index >= 15 is 0 Å². The molecule has 2 aromatic carbocycles. The number of amides is 3. The zero-order valence-corrected chi connectivity index (χ0v) is 17.9. The molecule has 7 nitrogen and oxygen atoms in total. The van der Waals surface area contributed by atoms with Crippen molar-refractivity contribution in [1.29, 1.82) is 0 Å². The number of halogens is 1. The zero-order chi connectivity index (χ0) is 22.5. The number of rotatable bonds is 7. The lowest BCUT2D eigenvalue weighted by Gasteiger charge is -2.17. The van der Waals surface area contributed by atoms with E-state index in [9.17, 15) is 18.8 Å². The first-order chi connectivity index (χ1) is 15.5. The molecule has 2 fully saturated rings. The van der Waals surface area contributed by atoms with Crippen LogP contribution in [-0.4, -0.2) is 48.8 Å². The van der Waals surface area contributed by atoms with Crippen LogP contribution in [0.3, 0.4) is 0 Å². The number of likely N-dealkylation sites (tertiary alicyclic amines) is 1. The third kappa shape index (κ3) is 5.07. The summed E-state index contributed by atoms with van der Waals surface area (Å²) < 4.78 is 14.4. The molecule has 0 saturated carbocycles. The van der Waals surface area contributed by atoms with Crippen LogP contribution in [0.5, 0.6) is 0 Å². The summed E-state index contributed by atoms with van der Waals surface area (Å²) in [6.07, 6.45) is 3.28. The molecule has 3 amide bonds. The average Bonchev–Trinajstić information content (AvgIpc) is 3.48. The van der Waals surface area contributed by atoms with Crippen molar-refractivity contribution in [2.24, 2.45) is 0 Å². The number of carbonyl (C=O) groups excluding carboxylic acids is 3. The van der Waals surface area contributed by atoms with Gasteiger partial charge in [0, 0.05) is 43.9 Å². The molecule has 32 heavy (non-hydrogen) atoms. The Kier molecular flexibility index (Phi) is 6.68. The van der Waals surface area contributed by atoms with E-state index in [4.69, 9.17) is 0 Å². The van der Waals surface area contributed by atoms with Gasteiger partial charge < -0.3 is 20.4 Å². The van der Waals surface area contributed by atoms with Crippen molar-refractivity contribution in [2.75, 3.05) is 36.4 Å². The number of nitrogens with one attached hydrogen (secondary N) is 2. The number of benzene rings is 2. The van der Waals surface area contributed by atoms with Gasteiger partial charge in [-0.05, 0) is 55.2 Å². The smallest absolute Gasteiger partial charge is 0.253 e. The molecule has 0 radical (unpaired) electrons. The summed E-state index contributed by atoms with van der Waals surface area (Å²) in [7, 11) is 0. The van der Waals surface area contributed by atoms with Crippen molar-refractivity contribution in [3.05, 3.63) is 59.4 Å². The summed E-state index contributed by atoms with van der Waals surface area (Å²) >= 11 is 0. The Morgan fingerprint density at radius 3 is 2.38 bits per heavy atom. The third-order valence-corrected chi connectivity index (χ3v) is 5.85. The largest absolute Gasteiger partial charge is 0.376 e. The maximum atomic E-state index is 14.4.